The first kappa shape index (κ1) is 23.8. The smallest absolute Gasteiger partial charge is 0.350 e. The lowest BCUT2D eigenvalue weighted by Gasteiger charge is -2.23. The fraction of sp³-hybridized carbons (Fsp3) is 0.571. The number of carbonyl (C=O) groups excluding carboxylic acids is 1. The van der Waals surface area contributed by atoms with E-state index in [0.717, 1.165) is 30.0 Å². The Balaban J connectivity index is 2.11. The Morgan fingerprint density at radius 2 is 1.94 bits per heavy atom. The van der Waals surface area contributed by atoms with Crippen LogP contribution in [0.15, 0.2) is 16.9 Å². The summed E-state index contributed by atoms with van der Waals surface area (Å²) in [5, 5.41) is 4.21. The molecule has 1 fully saturated rings. The highest BCUT2D eigenvalue weighted by molar-refractivity contribution is 5.93. The van der Waals surface area contributed by atoms with Crippen molar-refractivity contribution in [2.24, 2.45) is 7.05 Å². The molecule has 2 aromatic rings. The molecule has 7 nitrogen and oxygen atoms in total. The van der Waals surface area contributed by atoms with Crippen LogP contribution in [0.4, 0.5) is 17.6 Å². The van der Waals surface area contributed by atoms with E-state index in [1.54, 1.807) is 20.8 Å². The minimum absolute atomic E-state index is 0.0588. The highest BCUT2D eigenvalue weighted by atomic mass is 19.3. The van der Waals surface area contributed by atoms with Crippen LogP contribution in [0.3, 0.4) is 0 Å². The first-order valence-electron chi connectivity index (χ1n) is 10.2. The zero-order valence-electron chi connectivity index (χ0n) is 18.2. The van der Waals surface area contributed by atoms with Gasteiger partial charge in [-0.1, -0.05) is 6.42 Å². The van der Waals surface area contributed by atoms with Crippen LogP contribution in [0.1, 0.15) is 62.1 Å². The number of hydrogen-bond donors (Lipinski definition) is 0. The standard InChI is InChI=1S/C21H25F4N3O4/c1-21(2,3)32-19(29)12-8-13(23)14(9-15(12)31-16(10-22)17(24)25)28-20(30)27(4)18(26-28)11-6-5-7-11/h8-9,11,16-17H,5-7,10H2,1-4H3/t16-/m0/s1. The molecule has 0 aliphatic heterocycles. The lowest BCUT2D eigenvalue weighted by Crippen LogP contribution is -2.30. The van der Waals surface area contributed by atoms with Gasteiger partial charge in [0.15, 0.2) is 6.10 Å². The average molecular weight is 459 g/mol. The van der Waals surface area contributed by atoms with Gasteiger partial charge in [-0.15, -0.1) is 5.10 Å². The third-order valence-electron chi connectivity index (χ3n) is 5.09. The van der Waals surface area contributed by atoms with Crippen molar-refractivity contribution in [3.8, 4) is 11.4 Å². The fourth-order valence-electron chi connectivity index (χ4n) is 3.24. The van der Waals surface area contributed by atoms with E-state index in [4.69, 9.17) is 9.47 Å². The van der Waals surface area contributed by atoms with Gasteiger partial charge in [0.2, 0.25) is 0 Å². The number of halogens is 4. The predicted octanol–water partition coefficient (Wildman–Crippen LogP) is 3.91. The summed E-state index contributed by atoms with van der Waals surface area (Å²) < 4.78 is 66.6. The van der Waals surface area contributed by atoms with E-state index < -0.39 is 59.3 Å². The predicted molar refractivity (Wildman–Crippen MR) is 107 cm³/mol. The SMILES string of the molecule is Cn1c(C2CCC2)nn(-c2cc(O[C@@H](CF)C(F)F)c(C(=O)OC(C)(C)C)cc2F)c1=O. The maximum absolute atomic E-state index is 15.0. The Morgan fingerprint density at radius 3 is 2.44 bits per heavy atom. The van der Waals surface area contributed by atoms with E-state index >= 15 is 4.39 Å². The number of ether oxygens (including phenoxy) is 2. The van der Waals surface area contributed by atoms with Crippen molar-refractivity contribution in [1.82, 2.24) is 14.3 Å². The van der Waals surface area contributed by atoms with E-state index in [1.165, 1.54) is 11.6 Å². The largest absolute Gasteiger partial charge is 0.481 e. The van der Waals surface area contributed by atoms with Gasteiger partial charge in [0.1, 0.15) is 40.9 Å². The van der Waals surface area contributed by atoms with Crippen molar-refractivity contribution in [3.05, 3.63) is 39.8 Å². The summed E-state index contributed by atoms with van der Waals surface area (Å²) in [5.74, 6) is -2.08. The summed E-state index contributed by atoms with van der Waals surface area (Å²) in [5.41, 5.74) is -2.55. The van der Waals surface area contributed by atoms with E-state index in [9.17, 15) is 22.8 Å². The van der Waals surface area contributed by atoms with Crippen LogP contribution in [-0.4, -0.2) is 45.1 Å². The molecule has 0 amide bonds. The molecule has 11 heteroatoms. The van der Waals surface area contributed by atoms with Crippen molar-refractivity contribution in [2.45, 2.75) is 64.1 Å². The number of aromatic nitrogens is 3. The molecular formula is C21H25F4N3O4. The highest BCUT2D eigenvalue weighted by Crippen LogP contribution is 2.35. The van der Waals surface area contributed by atoms with Crippen molar-refractivity contribution in [1.29, 1.82) is 0 Å². The van der Waals surface area contributed by atoms with Gasteiger partial charge in [-0.25, -0.2) is 27.2 Å². The molecule has 1 saturated carbocycles. The van der Waals surface area contributed by atoms with Crippen LogP contribution < -0.4 is 10.4 Å². The monoisotopic (exact) mass is 459 g/mol. The molecule has 1 heterocycles. The number of rotatable bonds is 7. The van der Waals surface area contributed by atoms with Gasteiger partial charge >= 0.3 is 11.7 Å². The zero-order valence-corrected chi connectivity index (χ0v) is 18.2. The van der Waals surface area contributed by atoms with Crippen LogP contribution in [0, 0.1) is 5.82 Å². The molecule has 0 spiro atoms. The molecule has 1 aromatic carbocycles. The van der Waals surface area contributed by atoms with Crippen LogP contribution >= 0.6 is 0 Å². The number of carbonyl (C=O) groups is 1. The normalized spacial score (nSPS) is 15.5. The summed E-state index contributed by atoms with van der Waals surface area (Å²) in [6.45, 7) is 3.15. The van der Waals surface area contributed by atoms with Crippen molar-refractivity contribution >= 4 is 5.97 Å². The average Bonchev–Trinajstić information content (AvgIpc) is 2.92. The van der Waals surface area contributed by atoms with Crippen molar-refractivity contribution in [3.63, 3.8) is 0 Å². The molecule has 3 rings (SSSR count). The molecule has 0 unspecified atom stereocenters. The second kappa shape index (κ2) is 8.95. The van der Waals surface area contributed by atoms with E-state index in [-0.39, 0.29) is 5.92 Å². The summed E-state index contributed by atoms with van der Waals surface area (Å²) in [6.07, 6.45) is -2.74. The van der Waals surface area contributed by atoms with Gasteiger partial charge in [-0.05, 0) is 39.7 Å². The summed E-state index contributed by atoms with van der Waals surface area (Å²) >= 11 is 0. The molecule has 1 aliphatic carbocycles. The minimum atomic E-state index is -3.21. The van der Waals surface area contributed by atoms with Crippen LogP contribution in [0.25, 0.3) is 5.69 Å². The lowest BCUT2D eigenvalue weighted by atomic mass is 9.85. The van der Waals surface area contributed by atoms with Gasteiger partial charge in [0, 0.05) is 19.0 Å². The third-order valence-corrected chi connectivity index (χ3v) is 5.09. The van der Waals surface area contributed by atoms with E-state index in [2.05, 4.69) is 5.10 Å². The second-order valence-electron chi connectivity index (χ2n) is 8.69. The number of alkyl halides is 3. The topological polar surface area (TPSA) is 75.3 Å². The van der Waals surface area contributed by atoms with Crippen molar-refractivity contribution < 1.29 is 31.8 Å². The molecule has 0 saturated heterocycles. The number of hydrogen-bond acceptors (Lipinski definition) is 5. The molecule has 176 valence electrons. The van der Waals surface area contributed by atoms with E-state index in [1.807, 2.05) is 0 Å². The molecule has 32 heavy (non-hydrogen) atoms. The molecule has 1 atom stereocenters. The van der Waals surface area contributed by atoms with Crippen LogP contribution in [0.5, 0.6) is 5.75 Å². The highest BCUT2D eigenvalue weighted by Gasteiger charge is 2.30. The van der Waals surface area contributed by atoms with Crippen LogP contribution in [0.2, 0.25) is 0 Å². The molecule has 1 aliphatic rings. The fourth-order valence-corrected chi connectivity index (χ4v) is 3.24. The molecule has 1 aromatic heterocycles. The van der Waals surface area contributed by atoms with Crippen molar-refractivity contribution in [2.75, 3.05) is 6.67 Å². The van der Waals surface area contributed by atoms with Gasteiger partial charge in [0.25, 0.3) is 6.43 Å². The molecule has 0 N–H and O–H groups in total. The Bertz CT molecular complexity index is 1050. The molecule has 0 radical (unpaired) electrons. The Kier molecular flexibility index (Phi) is 6.66. The number of nitrogens with zero attached hydrogens (tertiary/aromatic N) is 3. The van der Waals surface area contributed by atoms with Gasteiger partial charge in [0.05, 0.1) is 0 Å². The Morgan fingerprint density at radius 1 is 1.28 bits per heavy atom. The molecular weight excluding hydrogens is 434 g/mol. The lowest BCUT2D eigenvalue weighted by molar-refractivity contribution is -0.00587. The maximum atomic E-state index is 15.0. The summed E-state index contributed by atoms with van der Waals surface area (Å²) in [7, 11) is 1.50. The summed E-state index contributed by atoms with van der Waals surface area (Å²) in [4.78, 5) is 25.2. The maximum Gasteiger partial charge on any atom is 0.350 e. The van der Waals surface area contributed by atoms with Gasteiger partial charge < -0.3 is 9.47 Å². The van der Waals surface area contributed by atoms with Gasteiger partial charge in [-0.3, -0.25) is 4.57 Å². The zero-order chi connectivity index (χ0) is 23.8. The quantitative estimate of drug-likeness (QED) is 0.464. The number of benzene rings is 1. The minimum Gasteiger partial charge on any atom is -0.481 e. The second-order valence-corrected chi connectivity index (χ2v) is 8.69. The van der Waals surface area contributed by atoms with Crippen LogP contribution in [-0.2, 0) is 11.8 Å². The first-order valence-corrected chi connectivity index (χ1v) is 10.2. The molecule has 0 bridgehead atoms. The third kappa shape index (κ3) is 4.81. The Labute approximate surface area is 181 Å². The summed E-state index contributed by atoms with van der Waals surface area (Å²) in [6, 6.07) is 1.60. The van der Waals surface area contributed by atoms with Gasteiger partial charge in [-0.2, -0.15) is 4.68 Å². The van der Waals surface area contributed by atoms with E-state index in [0.29, 0.717) is 11.9 Å². The first-order chi connectivity index (χ1) is 14.9. The number of esters is 1. The Hall–Kier alpha value is -2.85.